The quantitative estimate of drug-likeness (QED) is 0.454. The van der Waals surface area contributed by atoms with E-state index in [0.29, 0.717) is 45.6 Å². The van der Waals surface area contributed by atoms with E-state index in [-0.39, 0.29) is 29.8 Å². The number of nitrogens with zero attached hydrogens (tertiary/aromatic N) is 1. The summed E-state index contributed by atoms with van der Waals surface area (Å²) in [4.78, 5) is 14.4. The number of aliphatic hydroxyl groups is 2. The number of aryl methyl sites for hydroxylation is 1. The zero-order valence-corrected chi connectivity index (χ0v) is 20.3. The minimum absolute atomic E-state index is 0.0388. The Hall–Kier alpha value is -2.33. The molecular formula is C28H37NO5. The molecule has 34 heavy (non-hydrogen) atoms. The first kappa shape index (κ1) is 24.8. The van der Waals surface area contributed by atoms with Crippen LogP contribution in [0.5, 0.6) is 5.75 Å². The number of carbonyl (C=O) groups excluding carboxylic acids is 1. The Bertz CT molecular complexity index is 942. The van der Waals surface area contributed by atoms with Crippen molar-refractivity contribution in [2.45, 2.75) is 70.2 Å². The minimum Gasteiger partial charge on any atom is -0.489 e. The molecule has 2 fully saturated rings. The summed E-state index contributed by atoms with van der Waals surface area (Å²) in [7, 11) is 0. The molecule has 1 aliphatic carbocycles. The third kappa shape index (κ3) is 5.49. The first-order chi connectivity index (χ1) is 16.5. The minimum atomic E-state index is -0.593. The van der Waals surface area contributed by atoms with E-state index in [1.807, 2.05) is 24.0 Å². The predicted molar refractivity (Wildman–Crippen MR) is 130 cm³/mol. The summed E-state index contributed by atoms with van der Waals surface area (Å²) in [6, 6.07) is 6.23. The molecule has 1 saturated heterocycles. The topological polar surface area (TPSA) is 79.2 Å². The van der Waals surface area contributed by atoms with Crippen LogP contribution in [0, 0.1) is 23.7 Å². The SMILES string of the molecule is CC#CC[C@H](C)[C@@H](O)/C=C/[C@@H]1[C@H]2c3cccc(CCCC(=O)N4CCOCC4)c3O[C@H]2C[C@H]1O. The lowest BCUT2D eigenvalue weighted by molar-refractivity contribution is -0.135. The van der Waals surface area contributed by atoms with Crippen LogP contribution in [0.3, 0.4) is 0 Å². The van der Waals surface area contributed by atoms with Gasteiger partial charge in [0.05, 0.1) is 25.4 Å². The van der Waals surface area contributed by atoms with Crippen LogP contribution >= 0.6 is 0 Å². The van der Waals surface area contributed by atoms with Crippen LogP contribution in [-0.2, 0) is 16.0 Å². The van der Waals surface area contributed by atoms with E-state index in [1.54, 1.807) is 6.92 Å². The Balaban J connectivity index is 1.40. The van der Waals surface area contributed by atoms with Crippen LogP contribution in [0.4, 0.5) is 0 Å². The number of fused-ring (bicyclic) bond motifs is 3. The van der Waals surface area contributed by atoms with Crippen molar-refractivity contribution in [3.8, 4) is 17.6 Å². The van der Waals surface area contributed by atoms with Gasteiger partial charge in [-0.05, 0) is 31.2 Å². The highest BCUT2D eigenvalue weighted by atomic mass is 16.5. The Labute approximate surface area is 202 Å². The highest BCUT2D eigenvalue weighted by Gasteiger charge is 2.48. The first-order valence-corrected chi connectivity index (χ1v) is 12.6. The van der Waals surface area contributed by atoms with Gasteiger partial charge in [-0.3, -0.25) is 4.79 Å². The van der Waals surface area contributed by atoms with Gasteiger partial charge >= 0.3 is 0 Å². The van der Waals surface area contributed by atoms with Crippen LogP contribution in [0.25, 0.3) is 0 Å². The smallest absolute Gasteiger partial charge is 0.222 e. The summed E-state index contributed by atoms with van der Waals surface area (Å²) in [5.74, 6) is 7.04. The molecule has 1 aromatic carbocycles. The third-order valence-corrected chi connectivity index (χ3v) is 7.40. The van der Waals surface area contributed by atoms with E-state index in [9.17, 15) is 15.0 Å². The van der Waals surface area contributed by atoms with Crippen LogP contribution in [-0.4, -0.2) is 65.6 Å². The fourth-order valence-electron chi connectivity index (χ4n) is 5.38. The number of morpholine rings is 1. The molecule has 2 N–H and O–H groups in total. The molecule has 184 valence electrons. The fourth-order valence-corrected chi connectivity index (χ4v) is 5.38. The van der Waals surface area contributed by atoms with Gasteiger partial charge in [-0.15, -0.1) is 11.8 Å². The molecule has 1 saturated carbocycles. The second kappa shape index (κ2) is 11.4. The van der Waals surface area contributed by atoms with E-state index in [4.69, 9.17) is 9.47 Å². The van der Waals surface area contributed by atoms with Gasteiger partial charge in [0.2, 0.25) is 5.91 Å². The number of hydrogen-bond donors (Lipinski definition) is 2. The molecular weight excluding hydrogens is 430 g/mol. The molecule has 2 aliphatic heterocycles. The maximum atomic E-state index is 12.5. The zero-order chi connectivity index (χ0) is 24.1. The van der Waals surface area contributed by atoms with E-state index in [0.717, 1.165) is 29.7 Å². The number of rotatable bonds is 8. The average molecular weight is 468 g/mol. The second-order valence-corrected chi connectivity index (χ2v) is 9.73. The molecule has 6 nitrogen and oxygen atoms in total. The average Bonchev–Trinajstić information content (AvgIpc) is 3.36. The summed E-state index contributed by atoms with van der Waals surface area (Å²) >= 11 is 0. The van der Waals surface area contributed by atoms with Crippen LogP contribution < -0.4 is 4.74 Å². The van der Waals surface area contributed by atoms with Gasteiger partial charge in [0.15, 0.2) is 0 Å². The van der Waals surface area contributed by atoms with Gasteiger partial charge in [0, 0.05) is 49.8 Å². The van der Waals surface area contributed by atoms with Gasteiger partial charge < -0.3 is 24.6 Å². The van der Waals surface area contributed by atoms with Gasteiger partial charge in [0.25, 0.3) is 0 Å². The van der Waals surface area contributed by atoms with Crippen molar-refractivity contribution >= 4 is 5.91 Å². The van der Waals surface area contributed by atoms with Gasteiger partial charge in [-0.2, -0.15) is 0 Å². The van der Waals surface area contributed by atoms with Crippen molar-refractivity contribution in [1.82, 2.24) is 4.90 Å². The highest BCUT2D eigenvalue weighted by molar-refractivity contribution is 5.76. The molecule has 6 heteroatoms. The lowest BCUT2D eigenvalue weighted by Gasteiger charge is -2.26. The van der Waals surface area contributed by atoms with Crippen molar-refractivity contribution in [3.63, 3.8) is 0 Å². The van der Waals surface area contributed by atoms with E-state index >= 15 is 0 Å². The second-order valence-electron chi connectivity index (χ2n) is 9.73. The number of carbonyl (C=O) groups is 1. The lowest BCUT2D eigenvalue weighted by atomic mass is 9.86. The molecule has 0 spiro atoms. The summed E-state index contributed by atoms with van der Waals surface area (Å²) in [6.45, 7) is 6.40. The summed E-state index contributed by atoms with van der Waals surface area (Å²) < 4.78 is 11.7. The Kier molecular flexibility index (Phi) is 8.31. The van der Waals surface area contributed by atoms with Crippen molar-refractivity contribution in [2.24, 2.45) is 11.8 Å². The molecule has 3 aliphatic rings. The number of hydrogen-bond acceptors (Lipinski definition) is 5. The molecule has 1 aromatic rings. The predicted octanol–water partition coefficient (Wildman–Crippen LogP) is 3.06. The van der Waals surface area contributed by atoms with Gasteiger partial charge in [0.1, 0.15) is 11.9 Å². The van der Waals surface area contributed by atoms with Gasteiger partial charge in [-0.1, -0.05) is 37.3 Å². The molecule has 0 bridgehead atoms. The first-order valence-electron chi connectivity index (χ1n) is 12.6. The van der Waals surface area contributed by atoms with Crippen molar-refractivity contribution < 1.29 is 24.5 Å². The lowest BCUT2D eigenvalue weighted by Crippen LogP contribution is -2.40. The highest BCUT2D eigenvalue weighted by Crippen LogP contribution is 2.52. The maximum absolute atomic E-state index is 12.5. The summed E-state index contributed by atoms with van der Waals surface area (Å²) in [5.41, 5.74) is 2.26. The van der Waals surface area contributed by atoms with Crippen molar-refractivity contribution in [1.29, 1.82) is 0 Å². The van der Waals surface area contributed by atoms with E-state index in [2.05, 4.69) is 30.0 Å². The van der Waals surface area contributed by atoms with Crippen molar-refractivity contribution in [3.05, 3.63) is 41.5 Å². The number of para-hydroxylation sites is 1. The number of aliphatic hydroxyl groups excluding tert-OH is 2. The van der Waals surface area contributed by atoms with Gasteiger partial charge in [-0.25, -0.2) is 0 Å². The maximum Gasteiger partial charge on any atom is 0.222 e. The third-order valence-electron chi connectivity index (χ3n) is 7.40. The summed E-state index contributed by atoms with van der Waals surface area (Å²) in [6.07, 6.45) is 5.96. The summed E-state index contributed by atoms with van der Waals surface area (Å²) in [5, 5.41) is 21.2. The molecule has 4 rings (SSSR count). The van der Waals surface area contributed by atoms with E-state index in [1.165, 1.54) is 0 Å². The monoisotopic (exact) mass is 467 g/mol. The van der Waals surface area contributed by atoms with Crippen LogP contribution in [0.15, 0.2) is 30.4 Å². The molecule has 2 heterocycles. The Morgan fingerprint density at radius 1 is 1.32 bits per heavy atom. The molecule has 0 unspecified atom stereocenters. The molecule has 0 radical (unpaired) electrons. The zero-order valence-electron chi connectivity index (χ0n) is 20.3. The van der Waals surface area contributed by atoms with E-state index < -0.39 is 12.2 Å². The fraction of sp³-hybridized carbons (Fsp3) is 0.607. The Morgan fingerprint density at radius 2 is 2.12 bits per heavy atom. The standard InChI is InChI=1S/C28H37NO5/c1-3-4-7-19(2)23(30)13-12-21-24(31)18-25-27(21)22-10-5-8-20(28(22)34-25)9-6-11-26(32)29-14-16-33-17-15-29/h5,8,10,12-13,19,21,23-25,27,30-31H,6-7,9,11,14-18H2,1-2H3/b13-12+/t19-,21-,23-,24+,25-,27-/m0/s1. The van der Waals surface area contributed by atoms with Crippen LogP contribution in [0.1, 0.15) is 56.6 Å². The van der Waals surface area contributed by atoms with Crippen LogP contribution in [0.2, 0.25) is 0 Å². The largest absolute Gasteiger partial charge is 0.489 e. The number of benzene rings is 1. The molecule has 0 aromatic heterocycles. The van der Waals surface area contributed by atoms with Crippen molar-refractivity contribution in [2.75, 3.05) is 26.3 Å². The normalized spacial score (nSPS) is 27.5. The molecule has 1 amide bonds. The number of ether oxygens (including phenoxy) is 2. The molecule has 6 atom stereocenters. The number of amides is 1. The Morgan fingerprint density at radius 3 is 2.88 bits per heavy atom.